The first-order valence-corrected chi connectivity index (χ1v) is 29.1. The van der Waals surface area contributed by atoms with Crippen LogP contribution in [0.3, 0.4) is 0 Å². The molecule has 1 amide bonds. The van der Waals surface area contributed by atoms with E-state index >= 15 is 0 Å². The fraction of sp³-hybridized carbons (Fsp3) is 0.944. The Kier molecular flexibility index (Phi) is 45.8. The summed E-state index contributed by atoms with van der Waals surface area (Å²) in [6.45, 7) is 4.84. The standard InChI is InChI=1S/C54H109N2O6P/c1-6-8-10-12-14-16-18-19-20-21-22-23-24-25-26-27-28-29-30-31-32-33-34-35-36-38-39-41-43-45-47-53(57)52(51-62-63(59,60)61-50-49-56(3,4)5)55-54(58)48-46-44-42-40-37-17-15-13-11-9-7-2/h45,47,52-53,57H,6-44,46,48-51H2,1-5H3,(H-,55,58,59,60)/p+1/b47-45+. The Morgan fingerprint density at radius 2 is 0.841 bits per heavy atom. The Morgan fingerprint density at radius 3 is 1.17 bits per heavy atom. The van der Waals surface area contributed by atoms with E-state index in [1.807, 2.05) is 27.2 Å². The van der Waals surface area contributed by atoms with Crippen LogP contribution in [0, 0.1) is 0 Å². The summed E-state index contributed by atoms with van der Waals surface area (Å²) in [5.74, 6) is -0.175. The number of aliphatic hydroxyl groups is 1. The highest BCUT2D eigenvalue weighted by Gasteiger charge is 2.27. The molecular weight excluding hydrogens is 804 g/mol. The topological polar surface area (TPSA) is 105 Å². The maximum absolute atomic E-state index is 12.9. The number of hydrogen-bond donors (Lipinski definition) is 3. The number of rotatable bonds is 51. The van der Waals surface area contributed by atoms with Gasteiger partial charge in [0.1, 0.15) is 13.2 Å². The molecule has 0 saturated carbocycles. The molecule has 0 saturated heterocycles. The lowest BCUT2D eigenvalue weighted by molar-refractivity contribution is -0.870. The van der Waals surface area contributed by atoms with E-state index < -0.39 is 20.0 Å². The molecule has 3 atom stereocenters. The van der Waals surface area contributed by atoms with Crippen molar-refractivity contribution in [3.8, 4) is 0 Å². The van der Waals surface area contributed by atoms with Crippen LogP contribution in [0.4, 0.5) is 0 Å². The summed E-state index contributed by atoms with van der Waals surface area (Å²) in [7, 11) is 1.59. The van der Waals surface area contributed by atoms with Crippen LogP contribution < -0.4 is 5.32 Å². The summed E-state index contributed by atoms with van der Waals surface area (Å²) in [5.41, 5.74) is 0. The van der Waals surface area contributed by atoms with Crippen molar-refractivity contribution in [2.24, 2.45) is 0 Å². The second-order valence-corrected chi connectivity index (χ2v) is 21.8. The number of phosphoric ester groups is 1. The van der Waals surface area contributed by atoms with Gasteiger partial charge in [0.05, 0.1) is 39.9 Å². The first-order chi connectivity index (χ1) is 30.5. The zero-order valence-electron chi connectivity index (χ0n) is 42.8. The van der Waals surface area contributed by atoms with Gasteiger partial charge >= 0.3 is 7.82 Å². The van der Waals surface area contributed by atoms with Crippen molar-refractivity contribution in [3.63, 3.8) is 0 Å². The minimum Gasteiger partial charge on any atom is -0.387 e. The van der Waals surface area contributed by atoms with E-state index in [0.717, 1.165) is 32.1 Å². The average Bonchev–Trinajstić information content (AvgIpc) is 3.24. The third-order valence-electron chi connectivity index (χ3n) is 12.8. The van der Waals surface area contributed by atoms with Gasteiger partial charge in [-0.15, -0.1) is 0 Å². The third-order valence-corrected chi connectivity index (χ3v) is 13.7. The lowest BCUT2D eigenvalue weighted by Crippen LogP contribution is -2.45. The van der Waals surface area contributed by atoms with Crippen LogP contribution in [0.2, 0.25) is 0 Å². The van der Waals surface area contributed by atoms with Gasteiger partial charge in [0.2, 0.25) is 5.91 Å². The van der Waals surface area contributed by atoms with E-state index in [2.05, 4.69) is 19.2 Å². The Labute approximate surface area is 392 Å². The van der Waals surface area contributed by atoms with Crippen molar-refractivity contribution in [3.05, 3.63) is 12.2 Å². The van der Waals surface area contributed by atoms with E-state index in [4.69, 9.17) is 9.05 Å². The summed E-state index contributed by atoms with van der Waals surface area (Å²) in [4.78, 5) is 23.1. The molecule has 0 aliphatic carbocycles. The Hall–Kier alpha value is -0.760. The number of nitrogens with one attached hydrogen (secondary N) is 1. The predicted octanol–water partition coefficient (Wildman–Crippen LogP) is 16.3. The normalized spacial score (nSPS) is 14.1. The van der Waals surface area contributed by atoms with Gasteiger partial charge in [-0.3, -0.25) is 13.8 Å². The zero-order valence-corrected chi connectivity index (χ0v) is 43.7. The van der Waals surface area contributed by atoms with Crippen LogP contribution in [-0.2, 0) is 18.4 Å². The molecule has 0 fully saturated rings. The van der Waals surface area contributed by atoms with Gasteiger partial charge in [-0.1, -0.05) is 264 Å². The molecule has 3 unspecified atom stereocenters. The molecule has 3 N–H and O–H groups in total. The van der Waals surface area contributed by atoms with E-state index in [9.17, 15) is 19.4 Å². The highest BCUT2D eigenvalue weighted by molar-refractivity contribution is 7.47. The van der Waals surface area contributed by atoms with Gasteiger partial charge in [-0.25, -0.2) is 4.57 Å². The minimum absolute atomic E-state index is 0.0648. The molecule has 0 aromatic carbocycles. The summed E-state index contributed by atoms with van der Waals surface area (Å²) in [6.07, 6.45) is 56.1. The summed E-state index contributed by atoms with van der Waals surface area (Å²) in [5, 5.41) is 13.9. The molecule has 0 radical (unpaired) electrons. The van der Waals surface area contributed by atoms with Gasteiger partial charge in [0.25, 0.3) is 0 Å². The number of unbranched alkanes of at least 4 members (excludes halogenated alkanes) is 38. The molecule has 63 heavy (non-hydrogen) atoms. The lowest BCUT2D eigenvalue weighted by Gasteiger charge is -2.25. The minimum atomic E-state index is -4.33. The van der Waals surface area contributed by atoms with Gasteiger partial charge in [0.15, 0.2) is 0 Å². The second-order valence-electron chi connectivity index (χ2n) is 20.3. The van der Waals surface area contributed by atoms with Gasteiger partial charge < -0.3 is 19.8 Å². The van der Waals surface area contributed by atoms with Crippen molar-refractivity contribution >= 4 is 13.7 Å². The van der Waals surface area contributed by atoms with Crippen LogP contribution in [0.15, 0.2) is 12.2 Å². The highest BCUT2D eigenvalue weighted by Crippen LogP contribution is 2.43. The van der Waals surface area contributed by atoms with Crippen molar-refractivity contribution in [2.45, 2.75) is 289 Å². The Balaban J connectivity index is 4.04. The molecule has 376 valence electrons. The number of hydrogen-bond acceptors (Lipinski definition) is 5. The van der Waals surface area contributed by atoms with Crippen LogP contribution >= 0.6 is 7.82 Å². The van der Waals surface area contributed by atoms with Crippen molar-refractivity contribution < 1.29 is 32.9 Å². The molecule has 9 heteroatoms. The SMILES string of the molecule is CCCCCCCCCCCCCCCCCCCCCCCCCCCCCC/C=C/C(O)C(COP(=O)(O)OCC[N+](C)(C)C)NC(=O)CCCCCCCCCCCCC. The second kappa shape index (κ2) is 46.4. The number of carbonyl (C=O) groups is 1. The molecule has 8 nitrogen and oxygen atoms in total. The average molecular weight is 914 g/mol. The number of amides is 1. The first kappa shape index (κ1) is 62.2. The van der Waals surface area contributed by atoms with Crippen LogP contribution in [-0.4, -0.2) is 73.4 Å². The number of phosphoric acid groups is 1. The largest absolute Gasteiger partial charge is 0.472 e. The zero-order chi connectivity index (χ0) is 46.4. The first-order valence-electron chi connectivity index (χ1n) is 27.6. The smallest absolute Gasteiger partial charge is 0.387 e. The maximum Gasteiger partial charge on any atom is 0.472 e. The number of aliphatic hydroxyl groups excluding tert-OH is 1. The Bertz CT molecular complexity index is 1040. The maximum atomic E-state index is 12.9. The van der Waals surface area contributed by atoms with E-state index in [1.165, 1.54) is 225 Å². The molecule has 0 rings (SSSR count). The number of carbonyl (C=O) groups excluding carboxylic acids is 1. The number of allylic oxidation sites excluding steroid dienone is 1. The molecule has 0 aromatic rings. The van der Waals surface area contributed by atoms with Crippen molar-refractivity contribution in [2.75, 3.05) is 40.9 Å². The third kappa shape index (κ3) is 49.0. The number of quaternary nitrogens is 1. The predicted molar refractivity (Wildman–Crippen MR) is 272 cm³/mol. The van der Waals surface area contributed by atoms with Crippen LogP contribution in [0.5, 0.6) is 0 Å². The molecule has 0 bridgehead atoms. The highest BCUT2D eigenvalue weighted by atomic mass is 31.2. The van der Waals surface area contributed by atoms with E-state index in [0.29, 0.717) is 17.4 Å². The van der Waals surface area contributed by atoms with Gasteiger partial charge in [-0.05, 0) is 19.3 Å². The van der Waals surface area contributed by atoms with Crippen molar-refractivity contribution in [1.82, 2.24) is 5.32 Å². The number of nitrogens with zero attached hydrogens (tertiary/aromatic N) is 1. The molecule has 0 spiro atoms. The van der Waals surface area contributed by atoms with Crippen LogP contribution in [0.1, 0.15) is 277 Å². The van der Waals surface area contributed by atoms with Crippen molar-refractivity contribution in [1.29, 1.82) is 0 Å². The van der Waals surface area contributed by atoms with Gasteiger partial charge in [-0.2, -0.15) is 0 Å². The quantitative estimate of drug-likeness (QED) is 0.0243. The summed E-state index contributed by atoms with van der Waals surface area (Å²) >= 11 is 0. The molecule has 0 aliphatic heterocycles. The fourth-order valence-electron chi connectivity index (χ4n) is 8.40. The monoisotopic (exact) mass is 914 g/mol. The molecule has 0 aromatic heterocycles. The van der Waals surface area contributed by atoms with E-state index in [1.54, 1.807) is 6.08 Å². The van der Waals surface area contributed by atoms with Crippen LogP contribution in [0.25, 0.3) is 0 Å². The fourth-order valence-corrected chi connectivity index (χ4v) is 9.13. The van der Waals surface area contributed by atoms with Gasteiger partial charge in [0, 0.05) is 6.42 Å². The Morgan fingerprint density at radius 1 is 0.524 bits per heavy atom. The molecule has 0 aliphatic rings. The summed E-state index contributed by atoms with van der Waals surface area (Å²) < 4.78 is 23.6. The molecular formula is C54H110N2O6P+. The summed E-state index contributed by atoms with van der Waals surface area (Å²) in [6, 6.07) is -0.840. The lowest BCUT2D eigenvalue weighted by atomic mass is 10.0. The van der Waals surface area contributed by atoms with E-state index in [-0.39, 0.29) is 19.1 Å². The molecule has 0 heterocycles. The number of likely N-dealkylation sites (N-methyl/N-ethyl adjacent to an activating group) is 1.